The Balaban J connectivity index is 2.26. The molecular formula is C7H5N5. The second-order valence-electron chi connectivity index (χ2n) is 2.66. The molecule has 2 aliphatic rings. The average molecular weight is 159 g/mol. The van der Waals surface area contributed by atoms with Gasteiger partial charge < -0.3 is 4.57 Å². The molecule has 5 heteroatoms. The van der Waals surface area contributed by atoms with Gasteiger partial charge in [0.2, 0.25) is 0 Å². The van der Waals surface area contributed by atoms with Crippen molar-refractivity contribution in [1.82, 2.24) is 14.8 Å². The van der Waals surface area contributed by atoms with E-state index >= 15 is 0 Å². The Hall–Kier alpha value is -1.78. The molecule has 58 valence electrons. The van der Waals surface area contributed by atoms with Gasteiger partial charge in [0, 0.05) is 12.1 Å². The third kappa shape index (κ3) is 0.578. The van der Waals surface area contributed by atoms with Gasteiger partial charge in [-0.25, -0.2) is 0 Å². The number of aromatic nitrogens is 3. The molecule has 0 aromatic carbocycles. The molecule has 2 aliphatic heterocycles. The van der Waals surface area contributed by atoms with Crippen molar-refractivity contribution < 1.29 is 0 Å². The summed E-state index contributed by atoms with van der Waals surface area (Å²) in [6.07, 6.45) is 5.50. The second-order valence-corrected chi connectivity index (χ2v) is 2.66. The van der Waals surface area contributed by atoms with E-state index in [1.165, 1.54) is 0 Å². The molecule has 0 saturated heterocycles. The van der Waals surface area contributed by atoms with Crippen molar-refractivity contribution >= 4 is 11.9 Å². The highest BCUT2D eigenvalue weighted by Crippen LogP contribution is 2.15. The highest BCUT2D eigenvalue weighted by molar-refractivity contribution is 6.25. The van der Waals surface area contributed by atoms with Gasteiger partial charge in [0.15, 0.2) is 5.82 Å². The molecule has 3 heterocycles. The Morgan fingerprint density at radius 3 is 3.42 bits per heavy atom. The van der Waals surface area contributed by atoms with Crippen molar-refractivity contribution in [3.05, 3.63) is 23.8 Å². The Kier molecular flexibility index (Phi) is 0.910. The van der Waals surface area contributed by atoms with Crippen LogP contribution in [0.15, 0.2) is 28.2 Å². The topological polar surface area (TPSA) is 55.4 Å². The average Bonchev–Trinajstić information content (AvgIpc) is 2.71. The van der Waals surface area contributed by atoms with Crippen LogP contribution in [0.25, 0.3) is 0 Å². The van der Waals surface area contributed by atoms with E-state index in [0.717, 1.165) is 23.7 Å². The van der Waals surface area contributed by atoms with Crippen LogP contribution in [0, 0.1) is 0 Å². The normalized spacial score (nSPS) is 18.3. The second kappa shape index (κ2) is 1.88. The van der Waals surface area contributed by atoms with E-state index in [4.69, 9.17) is 0 Å². The molecule has 5 nitrogen and oxygen atoms in total. The minimum Gasteiger partial charge on any atom is -0.308 e. The van der Waals surface area contributed by atoms with Gasteiger partial charge in [0.1, 0.15) is 12.0 Å². The summed E-state index contributed by atoms with van der Waals surface area (Å²) in [5.41, 5.74) is 1.88. The molecule has 3 rings (SSSR count). The maximum Gasteiger partial charge on any atom is 0.185 e. The van der Waals surface area contributed by atoms with Gasteiger partial charge in [0.25, 0.3) is 0 Å². The number of allylic oxidation sites excluding steroid dienone is 2. The lowest BCUT2D eigenvalue weighted by Gasteiger charge is -2.09. The first-order chi connectivity index (χ1) is 5.95. The van der Waals surface area contributed by atoms with Gasteiger partial charge in [-0.1, -0.05) is 6.08 Å². The third-order valence-electron chi connectivity index (χ3n) is 1.96. The number of rotatable bonds is 0. The predicted molar refractivity (Wildman–Crippen MR) is 43.1 cm³/mol. The third-order valence-corrected chi connectivity index (χ3v) is 1.96. The van der Waals surface area contributed by atoms with Gasteiger partial charge >= 0.3 is 0 Å². The molecule has 0 radical (unpaired) electrons. The van der Waals surface area contributed by atoms with Crippen molar-refractivity contribution in [3.8, 4) is 0 Å². The van der Waals surface area contributed by atoms with E-state index in [1.54, 1.807) is 12.5 Å². The van der Waals surface area contributed by atoms with Crippen molar-refractivity contribution in [2.45, 2.75) is 6.54 Å². The van der Waals surface area contributed by atoms with Crippen LogP contribution < -0.4 is 0 Å². The van der Waals surface area contributed by atoms with E-state index in [1.807, 2.05) is 4.57 Å². The summed E-state index contributed by atoms with van der Waals surface area (Å²) in [7, 11) is 0. The zero-order valence-electron chi connectivity index (χ0n) is 6.18. The summed E-state index contributed by atoms with van der Waals surface area (Å²) in [5.74, 6) is 0.810. The van der Waals surface area contributed by atoms with Crippen molar-refractivity contribution in [2.24, 2.45) is 10.2 Å². The molecule has 0 unspecified atom stereocenters. The lowest BCUT2D eigenvalue weighted by molar-refractivity contribution is 0.797. The molecule has 0 aliphatic carbocycles. The molecule has 0 atom stereocenters. The number of hydrogen-bond donors (Lipinski definition) is 0. The Morgan fingerprint density at radius 1 is 1.42 bits per heavy atom. The van der Waals surface area contributed by atoms with Crippen molar-refractivity contribution in [2.75, 3.05) is 0 Å². The summed E-state index contributed by atoms with van der Waals surface area (Å²) in [4.78, 5) is 0. The van der Waals surface area contributed by atoms with Crippen LogP contribution in [-0.4, -0.2) is 26.7 Å². The first-order valence-corrected chi connectivity index (χ1v) is 3.65. The van der Waals surface area contributed by atoms with Crippen LogP contribution >= 0.6 is 0 Å². The minimum atomic E-state index is 0.808. The number of hydrogen-bond acceptors (Lipinski definition) is 4. The van der Waals surface area contributed by atoms with Gasteiger partial charge in [-0.15, -0.1) is 15.3 Å². The van der Waals surface area contributed by atoms with Crippen LogP contribution in [-0.2, 0) is 6.54 Å². The number of fused-ring (bicyclic) bond motifs is 3. The van der Waals surface area contributed by atoms with E-state index in [-0.39, 0.29) is 0 Å². The van der Waals surface area contributed by atoms with Crippen LogP contribution in [0.3, 0.4) is 0 Å². The highest BCUT2D eigenvalue weighted by atomic mass is 15.3. The largest absolute Gasteiger partial charge is 0.308 e. The quantitative estimate of drug-likeness (QED) is 0.535. The van der Waals surface area contributed by atoms with Gasteiger partial charge in [-0.3, -0.25) is 0 Å². The molecule has 0 amide bonds. The summed E-state index contributed by atoms with van der Waals surface area (Å²) < 4.78 is 1.94. The van der Waals surface area contributed by atoms with Gasteiger partial charge in [-0.05, 0) is 0 Å². The lowest BCUT2D eigenvalue weighted by Crippen LogP contribution is -2.16. The van der Waals surface area contributed by atoms with Crippen LogP contribution in [0.2, 0.25) is 0 Å². The minimum absolute atomic E-state index is 0.808. The maximum absolute atomic E-state index is 3.97. The zero-order valence-corrected chi connectivity index (χ0v) is 6.18. The molecule has 0 fully saturated rings. The molecule has 12 heavy (non-hydrogen) atoms. The summed E-state index contributed by atoms with van der Waals surface area (Å²) in [6, 6.07) is 0. The van der Waals surface area contributed by atoms with E-state index in [9.17, 15) is 0 Å². The predicted octanol–water partition coefficient (Wildman–Crippen LogP) is 0.00660. The Bertz CT molecular complexity index is 423. The van der Waals surface area contributed by atoms with Crippen LogP contribution in [0.1, 0.15) is 5.82 Å². The van der Waals surface area contributed by atoms with Gasteiger partial charge in [-0.2, -0.15) is 5.10 Å². The Morgan fingerprint density at radius 2 is 2.42 bits per heavy atom. The van der Waals surface area contributed by atoms with Crippen LogP contribution in [0.4, 0.5) is 0 Å². The van der Waals surface area contributed by atoms with E-state index in [2.05, 4.69) is 26.5 Å². The molecule has 1 aromatic rings. The van der Waals surface area contributed by atoms with Crippen LogP contribution in [0.5, 0.6) is 0 Å². The summed E-state index contributed by atoms with van der Waals surface area (Å²) in [5, 5.41) is 15.6. The fourth-order valence-electron chi connectivity index (χ4n) is 1.36. The standard InChI is InChI=1S/C7H5N5/c1-2-12-4-9-11-7(12)6-5(1)3-8-10-6/h1,3-4H,2H2. The smallest absolute Gasteiger partial charge is 0.185 e. The first-order valence-electron chi connectivity index (χ1n) is 3.65. The SMILES string of the molecule is C1=NN=C2C1=CCn1cnnc12. The van der Waals surface area contributed by atoms with Crippen molar-refractivity contribution in [1.29, 1.82) is 0 Å². The highest BCUT2D eigenvalue weighted by Gasteiger charge is 2.21. The number of nitrogens with zero attached hydrogens (tertiary/aromatic N) is 5. The lowest BCUT2D eigenvalue weighted by atomic mass is 10.1. The molecule has 1 aromatic heterocycles. The molecule has 0 N–H and O–H groups in total. The summed E-state index contributed by atoms with van der Waals surface area (Å²) in [6.45, 7) is 0.808. The molecule has 0 spiro atoms. The van der Waals surface area contributed by atoms with Crippen molar-refractivity contribution in [3.63, 3.8) is 0 Å². The molecule has 0 saturated carbocycles. The molecular weight excluding hydrogens is 154 g/mol. The monoisotopic (exact) mass is 159 g/mol. The Labute approximate surface area is 68.1 Å². The summed E-state index contributed by atoms with van der Waals surface area (Å²) >= 11 is 0. The molecule has 0 bridgehead atoms. The fraction of sp³-hybridized carbons (Fsp3) is 0.143. The zero-order chi connectivity index (χ0) is 7.97. The fourth-order valence-corrected chi connectivity index (χ4v) is 1.36. The van der Waals surface area contributed by atoms with E-state index < -0.39 is 0 Å². The maximum atomic E-state index is 3.97. The van der Waals surface area contributed by atoms with E-state index in [0.29, 0.717) is 0 Å². The first kappa shape index (κ1) is 5.82. The van der Waals surface area contributed by atoms with Gasteiger partial charge in [0.05, 0.1) is 6.21 Å².